The zero-order valence-corrected chi connectivity index (χ0v) is 9.87. The van der Waals surface area contributed by atoms with Gasteiger partial charge in [0.25, 0.3) is 0 Å². The van der Waals surface area contributed by atoms with Crippen molar-refractivity contribution in [2.24, 2.45) is 0 Å². The fraction of sp³-hybridized carbons (Fsp3) is 0.500. The number of ether oxygens (including phenoxy) is 2. The summed E-state index contributed by atoms with van der Waals surface area (Å²) in [5.74, 6) is 1.01. The summed E-state index contributed by atoms with van der Waals surface area (Å²) in [6.07, 6.45) is -1.85. The zero-order chi connectivity index (χ0) is 12.4. The molecule has 1 aromatic carbocycles. The van der Waals surface area contributed by atoms with Crippen LogP contribution in [-0.4, -0.2) is 25.5 Å². The Morgan fingerprint density at radius 1 is 1.47 bits per heavy atom. The minimum absolute atomic E-state index is 0.110. The van der Waals surface area contributed by atoms with Crippen LogP contribution in [-0.2, 0) is 0 Å². The highest BCUT2D eigenvalue weighted by molar-refractivity contribution is 5.52. The first-order valence-corrected chi connectivity index (χ1v) is 5.53. The van der Waals surface area contributed by atoms with Crippen LogP contribution >= 0.6 is 0 Å². The van der Waals surface area contributed by atoms with E-state index in [1.807, 2.05) is 0 Å². The van der Waals surface area contributed by atoms with Gasteiger partial charge in [0.1, 0.15) is 6.17 Å². The average molecular weight is 241 g/mol. The molecule has 1 aliphatic rings. The third-order valence-corrected chi connectivity index (χ3v) is 2.74. The van der Waals surface area contributed by atoms with Crippen molar-refractivity contribution in [1.29, 1.82) is 0 Å². The van der Waals surface area contributed by atoms with E-state index < -0.39 is 12.3 Å². The molecule has 0 saturated heterocycles. The summed E-state index contributed by atoms with van der Waals surface area (Å²) in [4.78, 5) is 0. The van der Waals surface area contributed by atoms with Crippen LogP contribution in [0.4, 0.5) is 4.39 Å². The first kappa shape index (κ1) is 12.1. The molecule has 0 radical (unpaired) electrons. The Kier molecular flexibility index (Phi) is 3.49. The lowest BCUT2D eigenvalue weighted by molar-refractivity contribution is 0.157. The van der Waals surface area contributed by atoms with Gasteiger partial charge in [-0.3, -0.25) is 0 Å². The van der Waals surface area contributed by atoms with E-state index >= 15 is 0 Å². The van der Waals surface area contributed by atoms with Gasteiger partial charge in [-0.15, -0.1) is 0 Å². The monoisotopic (exact) mass is 241 g/mol. The number of aliphatic hydroxyl groups is 1. The van der Waals surface area contributed by atoms with Gasteiger partial charge in [-0.05, 0) is 31.7 Å². The normalized spacial score (nSPS) is 16.9. The Morgan fingerprint density at radius 3 is 2.88 bits per heavy atom. The zero-order valence-electron chi connectivity index (χ0n) is 9.87. The van der Waals surface area contributed by atoms with E-state index in [-0.39, 0.29) is 6.79 Å². The first-order valence-electron chi connectivity index (χ1n) is 5.53. The summed E-state index contributed by atoms with van der Waals surface area (Å²) in [5, 5.41) is 12.8. The molecular formula is C12H16FNO3. The third kappa shape index (κ3) is 2.35. The number of likely N-dealkylation sites (N-methyl/N-ethyl adjacent to an activating group) is 1. The van der Waals surface area contributed by atoms with Crippen molar-refractivity contribution in [2.75, 3.05) is 20.4 Å². The van der Waals surface area contributed by atoms with E-state index in [9.17, 15) is 9.50 Å². The van der Waals surface area contributed by atoms with Crippen LogP contribution in [0.5, 0.6) is 11.5 Å². The van der Waals surface area contributed by atoms with E-state index in [4.69, 9.17) is 9.47 Å². The van der Waals surface area contributed by atoms with Gasteiger partial charge in [0.05, 0.1) is 6.10 Å². The maximum atomic E-state index is 13.3. The molecule has 1 aromatic rings. The van der Waals surface area contributed by atoms with Gasteiger partial charge in [-0.2, -0.15) is 0 Å². The van der Waals surface area contributed by atoms with Gasteiger partial charge in [0.2, 0.25) is 6.79 Å². The number of halogens is 1. The molecule has 0 saturated carbocycles. The molecule has 0 spiro atoms. The number of benzene rings is 1. The Bertz CT molecular complexity index is 409. The Hall–Kier alpha value is -1.33. The number of rotatable bonds is 4. The van der Waals surface area contributed by atoms with Crippen LogP contribution in [0.25, 0.3) is 0 Å². The molecule has 0 amide bonds. The van der Waals surface area contributed by atoms with E-state index in [0.717, 1.165) is 0 Å². The van der Waals surface area contributed by atoms with Crippen LogP contribution in [0.1, 0.15) is 30.3 Å². The quantitative estimate of drug-likeness (QED) is 0.842. The molecule has 0 bridgehead atoms. The van der Waals surface area contributed by atoms with Gasteiger partial charge in [0.15, 0.2) is 11.5 Å². The maximum absolute atomic E-state index is 13.3. The summed E-state index contributed by atoms with van der Waals surface area (Å²) >= 11 is 0. The van der Waals surface area contributed by atoms with Crippen molar-refractivity contribution >= 4 is 0 Å². The summed E-state index contributed by atoms with van der Waals surface area (Å²) in [6.45, 7) is 1.93. The molecule has 1 heterocycles. The minimum atomic E-state index is -1.11. The lowest BCUT2D eigenvalue weighted by Crippen LogP contribution is -2.17. The second-order valence-electron chi connectivity index (χ2n) is 4.03. The molecule has 2 rings (SSSR count). The molecule has 2 unspecified atom stereocenters. The van der Waals surface area contributed by atoms with Crippen LogP contribution in [0.15, 0.2) is 12.1 Å². The highest BCUT2D eigenvalue weighted by Gasteiger charge is 2.24. The van der Waals surface area contributed by atoms with Gasteiger partial charge in [-0.25, -0.2) is 4.39 Å². The molecule has 1 aliphatic heterocycles. The second-order valence-corrected chi connectivity index (χ2v) is 4.03. The number of hydrogen-bond donors (Lipinski definition) is 2. The van der Waals surface area contributed by atoms with Crippen molar-refractivity contribution in [1.82, 2.24) is 5.32 Å². The Morgan fingerprint density at radius 2 is 2.24 bits per heavy atom. The van der Waals surface area contributed by atoms with Gasteiger partial charge in [-0.1, -0.05) is 0 Å². The van der Waals surface area contributed by atoms with Crippen LogP contribution in [0, 0.1) is 0 Å². The van der Waals surface area contributed by atoms with Crippen molar-refractivity contribution in [3.63, 3.8) is 0 Å². The lowest BCUT2D eigenvalue weighted by atomic mass is 10.0. The number of nitrogens with one attached hydrogen (secondary N) is 1. The third-order valence-electron chi connectivity index (χ3n) is 2.74. The van der Waals surface area contributed by atoms with E-state index in [2.05, 4.69) is 5.32 Å². The fourth-order valence-corrected chi connectivity index (χ4v) is 1.84. The molecule has 2 atom stereocenters. The first-order chi connectivity index (χ1) is 8.13. The molecule has 17 heavy (non-hydrogen) atoms. The molecule has 2 N–H and O–H groups in total. The van der Waals surface area contributed by atoms with E-state index in [1.54, 1.807) is 19.2 Å². The molecule has 4 nitrogen and oxygen atoms in total. The largest absolute Gasteiger partial charge is 0.454 e. The van der Waals surface area contributed by atoms with Crippen LogP contribution in [0.2, 0.25) is 0 Å². The highest BCUT2D eigenvalue weighted by Crippen LogP contribution is 2.41. The number of fused-ring (bicyclic) bond motifs is 1. The standard InChI is InChI=1S/C12H16FNO3/c1-7(13)8-3-9(10(15)5-14-2)12-11(4-8)16-6-17-12/h3-4,7,10,14-15H,5-6H2,1-2H3. The minimum Gasteiger partial charge on any atom is -0.454 e. The smallest absolute Gasteiger partial charge is 0.231 e. The summed E-state index contributed by atoms with van der Waals surface area (Å²) in [7, 11) is 1.74. The topological polar surface area (TPSA) is 50.7 Å². The molecule has 0 aliphatic carbocycles. The van der Waals surface area contributed by atoms with Crippen molar-refractivity contribution in [3.8, 4) is 11.5 Å². The lowest BCUT2D eigenvalue weighted by Gasteiger charge is -2.15. The number of aliphatic hydroxyl groups excluding tert-OH is 1. The summed E-state index contributed by atoms with van der Waals surface area (Å²) in [6, 6.07) is 3.24. The van der Waals surface area contributed by atoms with Gasteiger partial charge >= 0.3 is 0 Å². The molecule has 5 heteroatoms. The van der Waals surface area contributed by atoms with E-state index in [0.29, 0.717) is 29.2 Å². The number of hydrogen-bond acceptors (Lipinski definition) is 4. The molecular weight excluding hydrogens is 225 g/mol. The van der Waals surface area contributed by atoms with Gasteiger partial charge in [0, 0.05) is 12.1 Å². The van der Waals surface area contributed by atoms with E-state index in [1.165, 1.54) is 6.92 Å². The molecule has 0 fully saturated rings. The van der Waals surface area contributed by atoms with Crippen molar-refractivity contribution in [2.45, 2.75) is 19.2 Å². The SMILES string of the molecule is CNCC(O)c1cc(C(C)F)cc2c1OCO2. The van der Waals surface area contributed by atoms with Gasteiger partial charge < -0.3 is 19.9 Å². The summed E-state index contributed by atoms with van der Waals surface area (Å²) in [5.41, 5.74) is 1.05. The predicted molar refractivity (Wildman–Crippen MR) is 61.0 cm³/mol. The van der Waals surface area contributed by atoms with Crippen LogP contribution in [0.3, 0.4) is 0 Å². The van der Waals surface area contributed by atoms with Crippen molar-refractivity contribution in [3.05, 3.63) is 23.3 Å². The fourth-order valence-electron chi connectivity index (χ4n) is 1.84. The summed E-state index contributed by atoms with van der Waals surface area (Å²) < 4.78 is 23.9. The second kappa shape index (κ2) is 4.89. The Labute approximate surface area is 99.4 Å². The Balaban J connectivity index is 2.42. The average Bonchev–Trinajstić information content (AvgIpc) is 2.75. The molecule has 94 valence electrons. The number of alkyl halides is 1. The van der Waals surface area contributed by atoms with Crippen molar-refractivity contribution < 1.29 is 19.0 Å². The highest BCUT2D eigenvalue weighted by atomic mass is 19.1. The predicted octanol–water partition coefficient (Wildman–Crippen LogP) is 1.70. The van der Waals surface area contributed by atoms with Crippen LogP contribution < -0.4 is 14.8 Å². The maximum Gasteiger partial charge on any atom is 0.231 e. The molecule has 0 aromatic heterocycles.